The normalized spacial score (nSPS) is 41.1. The molecular formula is C20H23NO2. The number of nitrogens with zero attached hydrogens (tertiary/aromatic N) is 1. The highest BCUT2D eigenvalue weighted by molar-refractivity contribution is 6.06. The average Bonchev–Trinajstić information content (AvgIpc) is 2.89. The SMILES string of the molecule is Cc1ccc(C2=NC(C34CC5CC(CC(C5)C3)C4)C(=O)O2)cc1. The molecule has 0 radical (unpaired) electrons. The summed E-state index contributed by atoms with van der Waals surface area (Å²) < 4.78 is 5.60. The van der Waals surface area contributed by atoms with Crippen LogP contribution in [0.15, 0.2) is 29.3 Å². The largest absolute Gasteiger partial charge is 0.406 e. The number of hydrogen-bond acceptors (Lipinski definition) is 3. The number of rotatable bonds is 2. The minimum Gasteiger partial charge on any atom is -0.406 e. The van der Waals surface area contributed by atoms with Crippen LogP contribution in [0, 0.1) is 30.1 Å². The minimum absolute atomic E-state index is 0.0955. The molecule has 1 aliphatic heterocycles. The molecule has 23 heavy (non-hydrogen) atoms. The molecule has 4 fully saturated rings. The molecule has 6 rings (SSSR count). The van der Waals surface area contributed by atoms with Gasteiger partial charge in [-0.3, -0.25) is 0 Å². The molecule has 0 aromatic heterocycles. The van der Waals surface area contributed by atoms with E-state index in [1.807, 2.05) is 24.3 Å². The molecule has 0 saturated heterocycles. The van der Waals surface area contributed by atoms with Crippen molar-refractivity contribution in [3.8, 4) is 0 Å². The molecule has 1 heterocycles. The minimum atomic E-state index is -0.257. The third-order valence-electron chi connectivity index (χ3n) is 6.63. The second-order valence-corrected chi connectivity index (χ2v) is 8.40. The molecule has 1 atom stereocenters. The predicted octanol–water partition coefficient (Wildman–Crippen LogP) is 3.88. The van der Waals surface area contributed by atoms with E-state index >= 15 is 0 Å². The zero-order chi connectivity index (χ0) is 15.6. The molecule has 4 aliphatic carbocycles. The van der Waals surface area contributed by atoms with Crippen LogP contribution in [0.5, 0.6) is 0 Å². The number of ether oxygens (including phenoxy) is 1. The van der Waals surface area contributed by atoms with Crippen molar-refractivity contribution >= 4 is 11.9 Å². The van der Waals surface area contributed by atoms with E-state index in [-0.39, 0.29) is 17.4 Å². The summed E-state index contributed by atoms with van der Waals surface area (Å²) in [7, 11) is 0. The predicted molar refractivity (Wildman–Crippen MR) is 88.2 cm³/mol. The first-order valence-electron chi connectivity index (χ1n) is 8.98. The Morgan fingerprint density at radius 3 is 2.13 bits per heavy atom. The van der Waals surface area contributed by atoms with Crippen molar-refractivity contribution in [3.05, 3.63) is 35.4 Å². The van der Waals surface area contributed by atoms with Crippen LogP contribution in [0.25, 0.3) is 0 Å². The molecule has 0 N–H and O–H groups in total. The lowest BCUT2D eigenvalue weighted by Gasteiger charge is -2.57. The third-order valence-corrected chi connectivity index (χ3v) is 6.63. The zero-order valence-corrected chi connectivity index (χ0v) is 13.6. The summed E-state index contributed by atoms with van der Waals surface area (Å²) in [5.41, 5.74) is 2.23. The van der Waals surface area contributed by atoms with Crippen molar-refractivity contribution < 1.29 is 9.53 Å². The molecule has 120 valence electrons. The first-order chi connectivity index (χ1) is 11.1. The van der Waals surface area contributed by atoms with Crippen molar-refractivity contribution in [1.29, 1.82) is 0 Å². The summed E-state index contributed by atoms with van der Waals surface area (Å²) in [5.74, 6) is 2.91. The lowest BCUT2D eigenvalue weighted by Crippen LogP contribution is -2.52. The zero-order valence-electron chi connectivity index (χ0n) is 13.6. The number of aliphatic imine (C=N–C) groups is 1. The van der Waals surface area contributed by atoms with Gasteiger partial charge in [0.2, 0.25) is 5.90 Å². The van der Waals surface area contributed by atoms with E-state index in [1.165, 1.54) is 44.1 Å². The lowest BCUT2D eigenvalue weighted by molar-refractivity contribution is -0.144. The van der Waals surface area contributed by atoms with Crippen molar-refractivity contribution in [1.82, 2.24) is 0 Å². The van der Waals surface area contributed by atoms with Crippen LogP contribution in [-0.4, -0.2) is 17.9 Å². The number of carbonyl (C=O) groups excluding carboxylic acids is 1. The number of cyclic esters (lactones) is 1. The van der Waals surface area contributed by atoms with Gasteiger partial charge < -0.3 is 4.74 Å². The van der Waals surface area contributed by atoms with Gasteiger partial charge in [-0.05, 0) is 75.3 Å². The third kappa shape index (κ3) is 2.09. The molecule has 1 aromatic carbocycles. The Balaban J connectivity index is 1.48. The molecule has 1 unspecified atom stereocenters. The Labute approximate surface area is 137 Å². The van der Waals surface area contributed by atoms with Crippen molar-refractivity contribution in [2.24, 2.45) is 28.2 Å². The number of carbonyl (C=O) groups is 1. The second kappa shape index (κ2) is 4.68. The summed E-state index contributed by atoms with van der Waals surface area (Å²) in [6.45, 7) is 2.06. The first kappa shape index (κ1) is 13.8. The van der Waals surface area contributed by atoms with Gasteiger partial charge in [0.1, 0.15) is 0 Å². The van der Waals surface area contributed by atoms with E-state index in [1.54, 1.807) is 0 Å². The summed E-state index contributed by atoms with van der Waals surface area (Å²) >= 11 is 0. The van der Waals surface area contributed by atoms with E-state index in [4.69, 9.17) is 9.73 Å². The molecular weight excluding hydrogens is 286 g/mol. The van der Waals surface area contributed by atoms with Crippen molar-refractivity contribution in [2.45, 2.75) is 51.5 Å². The van der Waals surface area contributed by atoms with Crippen LogP contribution in [0.1, 0.15) is 49.7 Å². The number of hydrogen-bond donors (Lipinski definition) is 0. The van der Waals surface area contributed by atoms with Gasteiger partial charge in [0.15, 0.2) is 6.04 Å². The van der Waals surface area contributed by atoms with Gasteiger partial charge >= 0.3 is 5.97 Å². The van der Waals surface area contributed by atoms with Gasteiger partial charge in [-0.25, -0.2) is 9.79 Å². The smallest absolute Gasteiger partial charge is 0.338 e. The lowest BCUT2D eigenvalue weighted by atomic mass is 9.48. The van der Waals surface area contributed by atoms with E-state index in [9.17, 15) is 4.79 Å². The van der Waals surface area contributed by atoms with E-state index < -0.39 is 0 Å². The Morgan fingerprint density at radius 1 is 1.00 bits per heavy atom. The van der Waals surface area contributed by atoms with Crippen LogP contribution >= 0.6 is 0 Å². The van der Waals surface area contributed by atoms with Crippen LogP contribution in [0.2, 0.25) is 0 Å². The summed E-state index contributed by atoms with van der Waals surface area (Å²) in [6.07, 6.45) is 7.71. The van der Waals surface area contributed by atoms with Crippen LogP contribution < -0.4 is 0 Å². The Morgan fingerprint density at radius 2 is 1.57 bits per heavy atom. The highest BCUT2D eigenvalue weighted by atomic mass is 16.6. The fourth-order valence-electron chi connectivity index (χ4n) is 6.08. The van der Waals surface area contributed by atoms with Gasteiger partial charge in [0, 0.05) is 11.0 Å². The summed E-state index contributed by atoms with van der Waals surface area (Å²) in [5, 5.41) is 0. The Hall–Kier alpha value is -1.64. The molecule has 0 spiro atoms. The van der Waals surface area contributed by atoms with Gasteiger partial charge in [0.25, 0.3) is 0 Å². The second-order valence-electron chi connectivity index (χ2n) is 8.40. The number of benzene rings is 1. The molecule has 1 aromatic rings. The first-order valence-corrected chi connectivity index (χ1v) is 8.98. The number of esters is 1. The quantitative estimate of drug-likeness (QED) is 0.778. The maximum Gasteiger partial charge on any atom is 0.338 e. The van der Waals surface area contributed by atoms with Gasteiger partial charge in [0.05, 0.1) is 0 Å². The molecule has 4 bridgehead atoms. The van der Waals surface area contributed by atoms with E-state index in [0.717, 1.165) is 23.3 Å². The van der Waals surface area contributed by atoms with Crippen LogP contribution in [0.3, 0.4) is 0 Å². The summed E-state index contributed by atoms with van der Waals surface area (Å²) in [6, 6.07) is 7.84. The molecule has 3 nitrogen and oxygen atoms in total. The van der Waals surface area contributed by atoms with Gasteiger partial charge in [-0.2, -0.15) is 0 Å². The Bertz CT molecular complexity index is 653. The number of aryl methyl sites for hydroxylation is 1. The monoisotopic (exact) mass is 309 g/mol. The van der Waals surface area contributed by atoms with Crippen molar-refractivity contribution in [2.75, 3.05) is 0 Å². The molecule has 5 aliphatic rings. The molecule has 3 heteroatoms. The maximum absolute atomic E-state index is 12.6. The maximum atomic E-state index is 12.6. The van der Waals surface area contributed by atoms with Crippen LogP contribution in [-0.2, 0) is 9.53 Å². The summed E-state index contributed by atoms with van der Waals surface area (Å²) in [4.78, 5) is 17.4. The van der Waals surface area contributed by atoms with Gasteiger partial charge in [-0.1, -0.05) is 17.7 Å². The van der Waals surface area contributed by atoms with E-state index in [0.29, 0.717) is 5.90 Å². The molecule has 0 amide bonds. The fourth-order valence-corrected chi connectivity index (χ4v) is 6.08. The molecule has 4 saturated carbocycles. The Kier molecular flexibility index (Phi) is 2.80. The van der Waals surface area contributed by atoms with Crippen molar-refractivity contribution in [3.63, 3.8) is 0 Å². The van der Waals surface area contributed by atoms with Gasteiger partial charge in [-0.15, -0.1) is 0 Å². The highest BCUT2D eigenvalue weighted by Crippen LogP contribution is 2.62. The standard InChI is InChI=1S/C20H23NO2/c1-12-2-4-16(5-3-12)18-21-17(19(22)23-18)20-9-13-6-14(10-20)8-15(7-13)11-20/h2-5,13-15,17H,6-11H2,1H3. The fraction of sp³-hybridized carbons (Fsp3) is 0.600. The van der Waals surface area contributed by atoms with E-state index in [2.05, 4.69) is 6.92 Å². The highest BCUT2D eigenvalue weighted by Gasteiger charge is 2.58. The topological polar surface area (TPSA) is 38.7 Å². The average molecular weight is 309 g/mol. The van der Waals surface area contributed by atoms with Crippen LogP contribution in [0.4, 0.5) is 0 Å².